The summed E-state index contributed by atoms with van der Waals surface area (Å²) >= 11 is 0. The molecule has 1 heterocycles. The fraction of sp³-hybridized carbons (Fsp3) is 0.667. The van der Waals surface area contributed by atoms with Crippen molar-refractivity contribution in [2.45, 2.75) is 65.5 Å². The monoisotopic (exact) mass is 434 g/mol. The zero-order valence-corrected chi connectivity index (χ0v) is 19.5. The van der Waals surface area contributed by atoms with E-state index in [0.717, 1.165) is 44.6 Å². The first kappa shape index (κ1) is 25.0. The molecule has 0 radical (unpaired) electrons. The van der Waals surface area contributed by atoms with Gasteiger partial charge in [-0.05, 0) is 64.7 Å². The summed E-state index contributed by atoms with van der Waals surface area (Å²) in [5.74, 6) is 0.745. The van der Waals surface area contributed by atoms with Gasteiger partial charge in [0.2, 0.25) is 0 Å². The fourth-order valence-electron chi connectivity index (χ4n) is 3.34. The lowest BCUT2D eigenvalue weighted by atomic mass is 10.2. The summed E-state index contributed by atoms with van der Waals surface area (Å²) in [4.78, 5) is 27.6. The van der Waals surface area contributed by atoms with E-state index < -0.39 is 5.60 Å². The van der Waals surface area contributed by atoms with Crippen molar-refractivity contribution in [2.75, 3.05) is 39.4 Å². The lowest BCUT2D eigenvalue weighted by Crippen LogP contribution is -2.49. The van der Waals surface area contributed by atoms with Crippen LogP contribution in [0.4, 0.5) is 4.79 Å². The van der Waals surface area contributed by atoms with E-state index in [1.807, 2.05) is 39.8 Å². The second kappa shape index (κ2) is 12.5. The van der Waals surface area contributed by atoms with Crippen LogP contribution in [-0.4, -0.2) is 66.9 Å². The minimum atomic E-state index is -0.458. The number of hydrogen-bond acceptors (Lipinski definition) is 6. The Labute approximate surface area is 186 Å². The molecule has 7 heteroatoms. The van der Waals surface area contributed by atoms with Gasteiger partial charge in [-0.25, -0.2) is 4.79 Å². The summed E-state index contributed by atoms with van der Waals surface area (Å²) in [5, 5.41) is 0. The van der Waals surface area contributed by atoms with Crippen molar-refractivity contribution in [3.63, 3.8) is 0 Å². The first-order chi connectivity index (χ1) is 14.8. The zero-order valence-electron chi connectivity index (χ0n) is 19.5. The number of amides is 1. The van der Waals surface area contributed by atoms with E-state index in [1.165, 1.54) is 5.56 Å². The molecule has 0 unspecified atom stereocenters. The SMILES string of the molecule is CCOC(=O)CCCCCOc1ccc(CN2CCN(C(=O)OC(C)(C)C)CC2)cc1. The second-order valence-electron chi connectivity index (χ2n) is 8.85. The number of benzene rings is 1. The number of esters is 1. The van der Waals surface area contributed by atoms with Gasteiger partial charge in [-0.3, -0.25) is 9.69 Å². The van der Waals surface area contributed by atoms with E-state index in [1.54, 1.807) is 4.90 Å². The van der Waals surface area contributed by atoms with Crippen LogP contribution in [0, 0.1) is 0 Å². The first-order valence-electron chi connectivity index (χ1n) is 11.3. The average molecular weight is 435 g/mol. The molecule has 0 spiro atoms. The number of carbonyl (C=O) groups excluding carboxylic acids is 2. The molecule has 1 saturated heterocycles. The topological polar surface area (TPSA) is 68.3 Å². The Morgan fingerprint density at radius 1 is 0.968 bits per heavy atom. The molecule has 1 fully saturated rings. The highest BCUT2D eigenvalue weighted by Crippen LogP contribution is 2.16. The van der Waals surface area contributed by atoms with Crippen LogP contribution in [0.2, 0.25) is 0 Å². The van der Waals surface area contributed by atoms with Gasteiger partial charge in [0.05, 0.1) is 13.2 Å². The van der Waals surface area contributed by atoms with Crippen molar-refractivity contribution in [3.05, 3.63) is 29.8 Å². The van der Waals surface area contributed by atoms with Crippen LogP contribution >= 0.6 is 0 Å². The minimum Gasteiger partial charge on any atom is -0.494 e. The summed E-state index contributed by atoms with van der Waals surface area (Å²) in [6.07, 6.45) is 2.96. The van der Waals surface area contributed by atoms with Crippen LogP contribution in [0.5, 0.6) is 5.75 Å². The molecular formula is C24H38N2O5. The molecule has 0 bridgehead atoms. The lowest BCUT2D eigenvalue weighted by Gasteiger charge is -2.35. The molecule has 0 N–H and O–H groups in total. The highest BCUT2D eigenvalue weighted by atomic mass is 16.6. The van der Waals surface area contributed by atoms with E-state index in [9.17, 15) is 9.59 Å². The highest BCUT2D eigenvalue weighted by Gasteiger charge is 2.25. The van der Waals surface area contributed by atoms with E-state index in [4.69, 9.17) is 14.2 Å². The lowest BCUT2D eigenvalue weighted by molar-refractivity contribution is -0.143. The number of unbranched alkanes of at least 4 members (excludes halogenated alkanes) is 2. The van der Waals surface area contributed by atoms with Crippen LogP contribution in [-0.2, 0) is 20.8 Å². The molecule has 174 valence electrons. The molecule has 1 amide bonds. The van der Waals surface area contributed by atoms with Crippen LogP contribution in [0.25, 0.3) is 0 Å². The van der Waals surface area contributed by atoms with Gasteiger partial charge in [0.25, 0.3) is 0 Å². The third-order valence-corrected chi connectivity index (χ3v) is 4.95. The number of hydrogen-bond donors (Lipinski definition) is 0. The Balaban J connectivity index is 1.62. The van der Waals surface area contributed by atoms with Gasteiger partial charge >= 0.3 is 12.1 Å². The van der Waals surface area contributed by atoms with Gasteiger partial charge in [-0.1, -0.05) is 12.1 Å². The predicted molar refractivity (Wildman–Crippen MR) is 120 cm³/mol. The van der Waals surface area contributed by atoms with Gasteiger partial charge in [0, 0.05) is 39.1 Å². The molecule has 7 nitrogen and oxygen atoms in total. The maximum atomic E-state index is 12.2. The van der Waals surface area contributed by atoms with Gasteiger partial charge in [-0.15, -0.1) is 0 Å². The molecule has 0 aromatic heterocycles. The van der Waals surface area contributed by atoms with Crippen molar-refractivity contribution >= 4 is 12.1 Å². The maximum absolute atomic E-state index is 12.2. The summed E-state index contributed by atoms with van der Waals surface area (Å²) in [6, 6.07) is 8.20. The van der Waals surface area contributed by atoms with Gasteiger partial charge in [0.1, 0.15) is 11.4 Å². The molecule has 0 aliphatic carbocycles. The Morgan fingerprint density at radius 3 is 2.26 bits per heavy atom. The molecule has 1 aromatic rings. The summed E-state index contributed by atoms with van der Waals surface area (Å²) < 4.78 is 16.2. The van der Waals surface area contributed by atoms with Crippen LogP contribution in [0.3, 0.4) is 0 Å². The maximum Gasteiger partial charge on any atom is 0.410 e. The predicted octanol–water partition coefficient (Wildman–Crippen LogP) is 4.24. The normalized spacial score (nSPS) is 14.9. The van der Waals surface area contributed by atoms with Crippen molar-refractivity contribution in [1.29, 1.82) is 0 Å². The summed E-state index contributed by atoms with van der Waals surface area (Å²) in [5.41, 5.74) is 0.772. The number of rotatable bonds is 10. The molecule has 1 aliphatic heterocycles. The van der Waals surface area contributed by atoms with Crippen molar-refractivity contribution < 1.29 is 23.8 Å². The summed E-state index contributed by atoms with van der Waals surface area (Å²) in [6.45, 7) is 12.5. The molecule has 0 saturated carbocycles. The van der Waals surface area contributed by atoms with Gasteiger partial charge in [-0.2, -0.15) is 0 Å². The zero-order chi connectivity index (χ0) is 22.7. The van der Waals surface area contributed by atoms with E-state index in [0.29, 0.717) is 32.7 Å². The van der Waals surface area contributed by atoms with Gasteiger partial charge in [0.15, 0.2) is 0 Å². The standard InChI is InChI=1S/C24H38N2O5/c1-5-29-22(27)9-7-6-8-18-30-21-12-10-20(11-13-21)19-25-14-16-26(17-15-25)23(28)31-24(2,3)4/h10-13H,5-9,14-19H2,1-4H3. The number of piperazine rings is 1. The first-order valence-corrected chi connectivity index (χ1v) is 11.3. The molecule has 2 rings (SSSR count). The number of nitrogens with zero attached hydrogens (tertiary/aromatic N) is 2. The van der Waals surface area contributed by atoms with Crippen molar-refractivity contribution in [3.8, 4) is 5.75 Å². The molecule has 1 aliphatic rings. The fourth-order valence-corrected chi connectivity index (χ4v) is 3.34. The van der Waals surface area contributed by atoms with Crippen LogP contribution in [0.15, 0.2) is 24.3 Å². The number of carbonyl (C=O) groups is 2. The molecule has 31 heavy (non-hydrogen) atoms. The third-order valence-electron chi connectivity index (χ3n) is 4.95. The molecule has 1 aromatic carbocycles. The molecule has 0 atom stereocenters. The largest absolute Gasteiger partial charge is 0.494 e. The third kappa shape index (κ3) is 10.0. The Hall–Kier alpha value is -2.28. The van der Waals surface area contributed by atoms with Gasteiger partial charge < -0.3 is 19.1 Å². The Bertz CT molecular complexity index is 676. The highest BCUT2D eigenvalue weighted by molar-refractivity contribution is 5.69. The second-order valence-corrected chi connectivity index (χ2v) is 8.85. The number of ether oxygens (including phenoxy) is 3. The summed E-state index contributed by atoms with van der Waals surface area (Å²) in [7, 11) is 0. The molecular weight excluding hydrogens is 396 g/mol. The Morgan fingerprint density at radius 2 is 1.65 bits per heavy atom. The smallest absolute Gasteiger partial charge is 0.410 e. The van der Waals surface area contributed by atoms with E-state index in [2.05, 4.69) is 17.0 Å². The Kier molecular flexibility index (Phi) is 10.1. The average Bonchev–Trinajstić information content (AvgIpc) is 2.71. The van der Waals surface area contributed by atoms with Crippen molar-refractivity contribution in [1.82, 2.24) is 9.80 Å². The van der Waals surface area contributed by atoms with Crippen LogP contribution in [0.1, 0.15) is 58.9 Å². The van der Waals surface area contributed by atoms with E-state index in [-0.39, 0.29) is 12.1 Å². The van der Waals surface area contributed by atoms with Crippen LogP contribution < -0.4 is 4.74 Å². The van der Waals surface area contributed by atoms with E-state index >= 15 is 0 Å². The minimum absolute atomic E-state index is 0.120. The quantitative estimate of drug-likeness (QED) is 0.405. The van der Waals surface area contributed by atoms with Crippen molar-refractivity contribution in [2.24, 2.45) is 0 Å².